The normalized spacial score (nSPS) is 10.4. The van der Waals surface area contributed by atoms with Crippen molar-refractivity contribution in [1.29, 1.82) is 0 Å². The lowest BCUT2D eigenvalue weighted by atomic mass is 10.1. The van der Waals surface area contributed by atoms with Gasteiger partial charge in [0, 0.05) is 24.7 Å². The monoisotopic (exact) mass is 392 g/mol. The molecular weight excluding hydrogens is 372 g/mol. The van der Waals surface area contributed by atoms with Gasteiger partial charge in [0.05, 0.1) is 18.6 Å². The average Bonchev–Trinajstić information content (AvgIpc) is 2.66. The summed E-state index contributed by atoms with van der Waals surface area (Å²) in [7, 11) is 1.55. The second kappa shape index (κ2) is 9.23. The summed E-state index contributed by atoms with van der Waals surface area (Å²) in [4.78, 5) is 24.8. The van der Waals surface area contributed by atoms with Crippen molar-refractivity contribution in [2.45, 2.75) is 20.4 Å². The molecule has 27 heavy (non-hydrogen) atoms. The van der Waals surface area contributed by atoms with Crippen molar-refractivity contribution in [2.24, 2.45) is 0 Å². The van der Waals surface area contributed by atoms with Crippen LogP contribution in [0.15, 0.2) is 36.4 Å². The van der Waals surface area contributed by atoms with Gasteiger partial charge in [-0.2, -0.15) is 0 Å². The molecule has 0 aliphatic carbocycles. The molecule has 8 heteroatoms. The number of halogens is 1. The summed E-state index contributed by atoms with van der Waals surface area (Å²) in [5.74, 6) is 0.900. The molecular formula is C19H21ClN2O5. The van der Waals surface area contributed by atoms with Crippen LogP contribution in [0, 0.1) is 10.1 Å². The fourth-order valence-electron chi connectivity index (χ4n) is 2.60. The quantitative estimate of drug-likeness (QED) is 0.493. The van der Waals surface area contributed by atoms with Gasteiger partial charge in [0.1, 0.15) is 5.02 Å². The van der Waals surface area contributed by atoms with Gasteiger partial charge in [-0.05, 0) is 43.7 Å². The van der Waals surface area contributed by atoms with E-state index < -0.39 is 4.92 Å². The lowest BCUT2D eigenvalue weighted by molar-refractivity contribution is -0.384. The number of amides is 1. The number of hydrogen-bond donors (Lipinski definition) is 0. The molecule has 144 valence electrons. The zero-order valence-corrected chi connectivity index (χ0v) is 16.2. The number of carbonyl (C=O) groups excluding carboxylic acids is 1. The highest BCUT2D eigenvalue weighted by atomic mass is 35.5. The van der Waals surface area contributed by atoms with E-state index in [0.717, 1.165) is 5.56 Å². The van der Waals surface area contributed by atoms with Gasteiger partial charge in [-0.1, -0.05) is 17.7 Å². The first-order valence-electron chi connectivity index (χ1n) is 8.44. The zero-order valence-electron chi connectivity index (χ0n) is 15.4. The molecule has 1 amide bonds. The van der Waals surface area contributed by atoms with Crippen LogP contribution in [0.1, 0.15) is 29.8 Å². The highest BCUT2D eigenvalue weighted by Gasteiger charge is 2.20. The van der Waals surface area contributed by atoms with E-state index in [0.29, 0.717) is 31.2 Å². The van der Waals surface area contributed by atoms with Crippen LogP contribution in [0.4, 0.5) is 5.69 Å². The SMILES string of the molecule is CCOc1ccc(CN(CC)C(=O)c2ccc(Cl)c([N+](=O)[O-])c2)cc1OC. The Morgan fingerprint density at radius 2 is 1.93 bits per heavy atom. The minimum absolute atomic E-state index is 0.00384. The van der Waals surface area contributed by atoms with Gasteiger partial charge in [0.15, 0.2) is 11.5 Å². The third-order valence-electron chi connectivity index (χ3n) is 3.96. The number of carbonyl (C=O) groups is 1. The van der Waals surface area contributed by atoms with Crippen LogP contribution in [0.5, 0.6) is 11.5 Å². The first kappa shape index (κ1) is 20.5. The fourth-order valence-corrected chi connectivity index (χ4v) is 2.79. The van der Waals surface area contributed by atoms with E-state index in [2.05, 4.69) is 0 Å². The Bertz CT molecular complexity index is 841. The van der Waals surface area contributed by atoms with Crippen molar-refractivity contribution >= 4 is 23.2 Å². The summed E-state index contributed by atoms with van der Waals surface area (Å²) in [5, 5.41) is 11.0. The number of ether oxygens (including phenoxy) is 2. The smallest absolute Gasteiger partial charge is 0.288 e. The van der Waals surface area contributed by atoms with Crippen LogP contribution in [-0.2, 0) is 6.54 Å². The van der Waals surface area contributed by atoms with E-state index in [1.807, 2.05) is 26.0 Å². The molecule has 0 atom stereocenters. The third kappa shape index (κ3) is 4.89. The van der Waals surface area contributed by atoms with Gasteiger partial charge in [-0.15, -0.1) is 0 Å². The summed E-state index contributed by atoms with van der Waals surface area (Å²) in [5.41, 5.74) is 0.779. The lowest BCUT2D eigenvalue weighted by Crippen LogP contribution is -2.30. The van der Waals surface area contributed by atoms with E-state index >= 15 is 0 Å². The molecule has 2 aromatic carbocycles. The summed E-state index contributed by atoms with van der Waals surface area (Å²) in [6.07, 6.45) is 0. The molecule has 7 nitrogen and oxygen atoms in total. The Morgan fingerprint density at radius 3 is 2.52 bits per heavy atom. The Labute approximate surface area is 162 Å². The predicted octanol–water partition coefficient (Wildman–Crippen LogP) is 4.32. The molecule has 0 saturated heterocycles. The Kier molecular flexibility index (Phi) is 7.01. The molecule has 0 unspecified atom stereocenters. The van der Waals surface area contributed by atoms with E-state index in [1.54, 1.807) is 18.1 Å². The highest BCUT2D eigenvalue weighted by molar-refractivity contribution is 6.32. The van der Waals surface area contributed by atoms with Crippen LogP contribution in [0.25, 0.3) is 0 Å². The number of nitro groups is 1. The second-order valence-corrected chi connectivity index (χ2v) is 6.07. The van der Waals surface area contributed by atoms with E-state index in [4.69, 9.17) is 21.1 Å². The number of methoxy groups -OCH3 is 1. The minimum Gasteiger partial charge on any atom is -0.493 e. The summed E-state index contributed by atoms with van der Waals surface area (Å²) < 4.78 is 10.8. The van der Waals surface area contributed by atoms with Crippen molar-refractivity contribution in [3.8, 4) is 11.5 Å². The molecule has 0 aliphatic rings. The lowest BCUT2D eigenvalue weighted by Gasteiger charge is -2.22. The molecule has 2 rings (SSSR count). The van der Waals surface area contributed by atoms with Crippen LogP contribution in [0.2, 0.25) is 5.02 Å². The maximum Gasteiger partial charge on any atom is 0.288 e. The standard InChI is InChI=1S/C19H21ClN2O5/c1-4-21(12-13-6-9-17(27-5-2)18(10-13)26-3)19(23)14-7-8-15(20)16(11-14)22(24)25/h6-11H,4-5,12H2,1-3H3. The molecule has 0 bridgehead atoms. The molecule has 0 aromatic heterocycles. The fraction of sp³-hybridized carbons (Fsp3) is 0.316. The van der Waals surface area contributed by atoms with Gasteiger partial charge in [0.25, 0.3) is 11.6 Å². The average molecular weight is 393 g/mol. The van der Waals surface area contributed by atoms with Crippen molar-refractivity contribution in [3.05, 3.63) is 62.7 Å². The molecule has 0 saturated carbocycles. The molecule has 0 spiro atoms. The summed E-state index contributed by atoms with van der Waals surface area (Å²) >= 11 is 5.82. The minimum atomic E-state index is -0.604. The second-order valence-electron chi connectivity index (χ2n) is 5.66. The molecule has 0 aliphatic heterocycles. The van der Waals surface area contributed by atoms with Crippen LogP contribution >= 0.6 is 11.6 Å². The summed E-state index contributed by atoms with van der Waals surface area (Å²) in [6.45, 7) is 5.01. The number of benzene rings is 2. The van der Waals surface area contributed by atoms with Gasteiger partial charge < -0.3 is 14.4 Å². The molecule has 2 aromatic rings. The van der Waals surface area contributed by atoms with Crippen LogP contribution < -0.4 is 9.47 Å². The largest absolute Gasteiger partial charge is 0.493 e. The molecule has 0 fully saturated rings. The topological polar surface area (TPSA) is 81.9 Å². The van der Waals surface area contributed by atoms with Crippen LogP contribution in [0.3, 0.4) is 0 Å². The van der Waals surface area contributed by atoms with Crippen molar-refractivity contribution in [2.75, 3.05) is 20.3 Å². The highest BCUT2D eigenvalue weighted by Crippen LogP contribution is 2.29. The Balaban J connectivity index is 2.25. The van der Waals surface area contributed by atoms with Crippen LogP contribution in [-0.4, -0.2) is 36.0 Å². The van der Waals surface area contributed by atoms with Crippen molar-refractivity contribution in [1.82, 2.24) is 4.90 Å². The molecule has 0 heterocycles. The Morgan fingerprint density at radius 1 is 1.19 bits per heavy atom. The van der Waals surface area contributed by atoms with E-state index in [1.165, 1.54) is 18.2 Å². The number of rotatable bonds is 8. The van der Waals surface area contributed by atoms with Crippen molar-refractivity contribution < 1.29 is 19.2 Å². The van der Waals surface area contributed by atoms with Gasteiger partial charge in [0.2, 0.25) is 0 Å². The predicted molar refractivity (Wildman–Crippen MR) is 103 cm³/mol. The maximum atomic E-state index is 12.8. The number of nitro benzene ring substituents is 1. The molecule has 0 radical (unpaired) electrons. The summed E-state index contributed by atoms with van der Waals surface area (Å²) in [6, 6.07) is 9.51. The zero-order chi connectivity index (χ0) is 20.0. The maximum absolute atomic E-state index is 12.8. The third-order valence-corrected chi connectivity index (χ3v) is 4.28. The Hall–Kier alpha value is -2.80. The van der Waals surface area contributed by atoms with E-state index in [9.17, 15) is 14.9 Å². The first-order valence-corrected chi connectivity index (χ1v) is 8.81. The van der Waals surface area contributed by atoms with Gasteiger partial charge >= 0.3 is 0 Å². The number of nitrogens with zero attached hydrogens (tertiary/aromatic N) is 2. The molecule has 0 N–H and O–H groups in total. The van der Waals surface area contributed by atoms with Gasteiger partial charge in [-0.25, -0.2) is 0 Å². The first-order chi connectivity index (χ1) is 12.9. The van der Waals surface area contributed by atoms with E-state index in [-0.39, 0.29) is 22.2 Å². The number of hydrogen-bond acceptors (Lipinski definition) is 5. The van der Waals surface area contributed by atoms with Crippen molar-refractivity contribution in [3.63, 3.8) is 0 Å². The van der Waals surface area contributed by atoms with Gasteiger partial charge in [-0.3, -0.25) is 14.9 Å².